The van der Waals surface area contributed by atoms with Gasteiger partial charge in [0, 0.05) is 11.6 Å². The number of hydrogen-bond acceptors (Lipinski definition) is 7. The molecule has 3 aromatic rings. The van der Waals surface area contributed by atoms with Gasteiger partial charge in [-0.25, -0.2) is 4.39 Å². The van der Waals surface area contributed by atoms with Crippen LogP contribution >= 0.6 is 0 Å². The summed E-state index contributed by atoms with van der Waals surface area (Å²) in [6.45, 7) is 2.57. The van der Waals surface area contributed by atoms with Gasteiger partial charge in [-0.05, 0) is 48.4 Å². The summed E-state index contributed by atoms with van der Waals surface area (Å²) in [7, 11) is 0. The molecule has 7 nitrogen and oxygen atoms in total. The molecule has 0 bridgehead atoms. The fraction of sp³-hybridized carbons (Fsp3) is 0.192. The summed E-state index contributed by atoms with van der Waals surface area (Å²) in [5.41, 5.74) is 8.58. The fourth-order valence-electron chi connectivity index (χ4n) is 4.07. The third-order valence-electron chi connectivity index (χ3n) is 5.59. The van der Waals surface area contributed by atoms with E-state index in [9.17, 15) is 9.65 Å². The van der Waals surface area contributed by atoms with Gasteiger partial charge in [-0.3, -0.25) is 0 Å². The molecule has 172 valence electrons. The van der Waals surface area contributed by atoms with Crippen LogP contribution in [0.25, 0.3) is 0 Å². The lowest BCUT2D eigenvalue weighted by atomic mass is 9.83. The first-order chi connectivity index (χ1) is 16.6. The molecule has 0 aliphatic carbocycles. The highest BCUT2D eigenvalue weighted by molar-refractivity contribution is 5.62. The van der Waals surface area contributed by atoms with Gasteiger partial charge in [0.15, 0.2) is 23.0 Å². The van der Waals surface area contributed by atoms with Crippen LogP contribution in [-0.2, 0) is 6.61 Å². The number of nitriles is 1. The average Bonchev–Trinajstić information content (AvgIpc) is 3.29. The average molecular weight is 460 g/mol. The molecule has 0 amide bonds. The number of fused-ring (bicyclic) bond motifs is 2. The summed E-state index contributed by atoms with van der Waals surface area (Å²) in [5, 5.41) is 9.86. The highest BCUT2D eigenvalue weighted by Gasteiger charge is 2.33. The molecular weight excluding hydrogens is 439 g/mol. The van der Waals surface area contributed by atoms with Crippen LogP contribution < -0.4 is 29.4 Å². The zero-order chi connectivity index (χ0) is 23.7. The van der Waals surface area contributed by atoms with Gasteiger partial charge in [0.2, 0.25) is 12.7 Å². The topological polar surface area (TPSA) is 96.0 Å². The Morgan fingerprint density at radius 2 is 1.85 bits per heavy atom. The second-order valence-electron chi connectivity index (χ2n) is 7.73. The third-order valence-corrected chi connectivity index (χ3v) is 5.59. The number of halogens is 1. The van der Waals surface area contributed by atoms with E-state index in [1.165, 1.54) is 12.1 Å². The Kier molecular flexibility index (Phi) is 5.60. The molecule has 0 radical (unpaired) electrons. The van der Waals surface area contributed by atoms with Crippen molar-refractivity contribution in [3.8, 4) is 34.8 Å². The first kappa shape index (κ1) is 21.5. The van der Waals surface area contributed by atoms with Gasteiger partial charge in [0.1, 0.15) is 29.8 Å². The van der Waals surface area contributed by atoms with Crippen LogP contribution in [0.1, 0.15) is 29.5 Å². The number of benzene rings is 3. The van der Waals surface area contributed by atoms with Gasteiger partial charge in [-0.2, -0.15) is 5.26 Å². The highest BCUT2D eigenvalue weighted by atomic mass is 19.1. The fourth-order valence-corrected chi connectivity index (χ4v) is 4.07. The molecule has 5 rings (SSSR count). The monoisotopic (exact) mass is 460 g/mol. The minimum absolute atomic E-state index is 0.0308. The van der Waals surface area contributed by atoms with E-state index in [4.69, 9.17) is 29.4 Å². The van der Waals surface area contributed by atoms with Gasteiger partial charge in [0.05, 0.1) is 12.5 Å². The van der Waals surface area contributed by atoms with Crippen molar-refractivity contribution in [3.63, 3.8) is 0 Å². The Morgan fingerprint density at radius 1 is 1.03 bits per heavy atom. The Bertz CT molecular complexity index is 1330. The predicted octanol–water partition coefficient (Wildman–Crippen LogP) is 4.75. The van der Waals surface area contributed by atoms with Crippen LogP contribution in [0.2, 0.25) is 0 Å². The molecule has 2 N–H and O–H groups in total. The zero-order valence-corrected chi connectivity index (χ0v) is 18.3. The van der Waals surface area contributed by atoms with Gasteiger partial charge < -0.3 is 29.4 Å². The largest absolute Gasteiger partial charge is 0.490 e. The van der Waals surface area contributed by atoms with Crippen molar-refractivity contribution in [3.05, 3.63) is 88.6 Å². The first-order valence-corrected chi connectivity index (χ1v) is 10.7. The summed E-state index contributed by atoms with van der Waals surface area (Å²) >= 11 is 0. The van der Waals surface area contributed by atoms with E-state index in [2.05, 4.69) is 6.07 Å². The molecule has 0 spiro atoms. The smallest absolute Gasteiger partial charge is 0.231 e. The van der Waals surface area contributed by atoms with Crippen LogP contribution in [0.5, 0.6) is 28.7 Å². The molecule has 0 unspecified atom stereocenters. The molecular formula is C26H21FN2O5. The minimum atomic E-state index is -0.500. The number of nitrogens with two attached hydrogens (primary N) is 1. The van der Waals surface area contributed by atoms with Gasteiger partial charge >= 0.3 is 0 Å². The Hall–Kier alpha value is -4.38. The lowest BCUT2D eigenvalue weighted by Gasteiger charge is -2.27. The van der Waals surface area contributed by atoms with Crippen LogP contribution in [0.4, 0.5) is 4.39 Å². The van der Waals surface area contributed by atoms with Gasteiger partial charge in [-0.15, -0.1) is 0 Å². The molecule has 0 saturated carbocycles. The summed E-state index contributed by atoms with van der Waals surface area (Å²) < 4.78 is 42.0. The molecule has 1 atom stereocenters. The maximum absolute atomic E-state index is 13.5. The van der Waals surface area contributed by atoms with Gasteiger partial charge in [0.25, 0.3) is 0 Å². The van der Waals surface area contributed by atoms with Gasteiger partial charge in [-0.1, -0.05) is 18.2 Å². The molecule has 0 fully saturated rings. The SMILES string of the molecule is CCOc1cc([C@@H]2C(C#N)=C(N)Oc3cc4c(cc32)OCO4)ccc1OCc1cccc(F)c1. The van der Waals surface area contributed by atoms with Crippen LogP contribution in [0.3, 0.4) is 0 Å². The summed E-state index contributed by atoms with van der Waals surface area (Å²) in [6.07, 6.45) is 0. The second kappa shape index (κ2) is 8.87. The third kappa shape index (κ3) is 3.92. The number of hydrogen-bond donors (Lipinski definition) is 1. The number of ether oxygens (including phenoxy) is 5. The van der Waals surface area contributed by atoms with Crippen LogP contribution in [0.15, 0.2) is 66.1 Å². The zero-order valence-electron chi connectivity index (χ0n) is 18.3. The van der Waals surface area contributed by atoms with Crippen molar-refractivity contribution in [2.45, 2.75) is 19.4 Å². The van der Waals surface area contributed by atoms with Crippen molar-refractivity contribution in [2.75, 3.05) is 13.4 Å². The molecule has 2 heterocycles. The molecule has 3 aromatic carbocycles. The predicted molar refractivity (Wildman–Crippen MR) is 120 cm³/mol. The Morgan fingerprint density at radius 3 is 2.62 bits per heavy atom. The molecule has 8 heteroatoms. The molecule has 2 aliphatic heterocycles. The number of rotatable bonds is 6. The first-order valence-electron chi connectivity index (χ1n) is 10.7. The molecule has 0 saturated heterocycles. The van der Waals surface area contributed by atoms with Crippen molar-refractivity contribution < 1.29 is 28.1 Å². The maximum atomic E-state index is 13.5. The molecule has 0 aromatic heterocycles. The summed E-state index contributed by atoms with van der Waals surface area (Å²) in [5.74, 6) is 1.84. The van der Waals surface area contributed by atoms with E-state index in [0.717, 1.165) is 11.1 Å². The van der Waals surface area contributed by atoms with Crippen molar-refractivity contribution in [1.82, 2.24) is 0 Å². The normalized spacial score (nSPS) is 15.9. The van der Waals surface area contributed by atoms with Crippen LogP contribution in [0, 0.1) is 17.1 Å². The van der Waals surface area contributed by atoms with E-state index >= 15 is 0 Å². The minimum Gasteiger partial charge on any atom is -0.490 e. The van der Waals surface area contributed by atoms with E-state index in [0.29, 0.717) is 40.9 Å². The molecule has 34 heavy (non-hydrogen) atoms. The Balaban J connectivity index is 1.52. The van der Waals surface area contributed by atoms with E-state index in [-0.39, 0.29) is 30.7 Å². The molecule has 2 aliphatic rings. The van der Waals surface area contributed by atoms with E-state index < -0.39 is 5.92 Å². The quantitative estimate of drug-likeness (QED) is 0.567. The van der Waals surface area contributed by atoms with Crippen LogP contribution in [-0.4, -0.2) is 13.4 Å². The standard InChI is InChI=1S/C26H21FN2O5/c1-2-30-22-9-16(6-7-20(22)31-13-15-4-3-5-17(27)8-15)25-18-10-23-24(33-14-32-23)11-21(18)34-26(29)19(25)12-28/h3-11,25H,2,13-14,29H2,1H3/t25-/m0/s1. The van der Waals surface area contributed by atoms with Crippen molar-refractivity contribution in [1.29, 1.82) is 5.26 Å². The second-order valence-corrected chi connectivity index (χ2v) is 7.73. The van der Waals surface area contributed by atoms with Crippen molar-refractivity contribution >= 4 is 0 Å². The highest BCUT2D eigenvalue weighted by Crippen LogP contribution is 2.48. The van der Waals surface area contributed by atoms with E-state index in [1.54, 1.807) is 30.3 Å². The summed E-state index contributed by atoms with van der Waals surface area (Å²) in [4.78, 5) is 0. The van der Waals surface area contributed by atoms with E-state index in [1.807, 2.05) is 19.1 Å². The number of allylic oxidation sites excluding steroid dienone is 1. The number of nitrogens with zero attached hydrogens (tertiary/aromatic N) is 1. The lowest BCUT2D eigenvalue weighted by molar-refractivity contribution is 0.174. The summed E-state index contributed by atoms with van der Waals surface area (Å²) in [6, 6.07) is 17.4. The Labute approximate surface area is 195 Å². The lowest BCUT2D eigenvalue weighted by Crippen LogP contribution is -2.21. The maximum Gasteiger partial charge on any atom is 0.231 e. The van der Waals surface area contributed by atoms with Crippen molar-refractivity contribution in [2.24, 2.45) is 5.73 Å².